The topological polar surface area (TPSA) is 47.3 Å². The van der Waals surface area contributed by atoms with Crippen molar-refractivity contribution < 1.29 is 4.74 Å². The Balaban J connectivity index is 2.36. The number of methoxy groups -OCH3 is 1. The van der Waals surface area contributed by atoms with Gasteiger partial charge in [0.05, 0.1) is 7.11 Å². The van der Waals surface area contributed by atoms with Gasteiger partial charge in [0.15, 0.2) is 0 Å². The quantitative estimate of drug-likeness (QED) is 0.660. The molecule has 0 bridgehead atoms. The van der Waals surface area contributed by atoms with Gasteiger partial charge in [-0.3, -0.25) is 0 Å². The molecule has 1 aromatic rings. The van der Waals surface area contributed by atoms with Gasteiger partial charge in [0.2, 0.25) is 0 Å². The van der Waals surface area contributed by atoms with Crippen LogP contribution in [0.4, 0.5) is 5.69 Å². The fourth-order valence-electron chi connectivity index (χ4n) is 1.99. The van der Waals surface area contributed by atoms with Gasteiger partial charge in [0.1, 0.15) is 5.75 Å². The van der Waals surface area contributed by atoms with Crippen LogP contribution in [0.5, 0.6) is 5.75 Å². The summed E-state index contributed by atoms with van der Waals surface area (Å²) in [4.78, 5) is 0. The van der Waals surface area contributed by atoms with Gasteiger partial charge in [0, 0.05) is 18.3 Å². The lowest BCUT2D eigenvalue weighted by Gasteiger charge is -2.18. The summed E-state index contributed by atoms with van der Waals surface area (Å²) in [7, 11) is 1.68. The van der Waals surface area contributed by atoms with E-state index in [0.717, 1.165) is 17.9 Å². The molecule has 3 heteroatoms. The Hall–Kier alpha value is -1.22. The van der Waals surface area contributed by atoms with E-state index >= 15 is 0 Å². The van der Waals surface area contributed by atoms with Crippen LogP contribution in [0.25, 0.3) is 0 Å². The molecule has 3 nitrogen and oxygen atoms in total. The Kier molecular flexibility index (Phi) is 7.26. The maximum atomic E-state index is 5.80. The molecule has 1 rings (SSSR count). The lowest BCUT2D eigenvalue weighted by molar-refractivity contribution is 0.415. The summed E-state index contributed by atoms with van der Waals surface area (Å²) in [5.74, 6) is 0.882. The van der Waals surface area contributed by atoms with Crippen LogP contribution in [0.15, 0.2) is 24.3 Å². The zero-order valence-electron chi connectivity index (χ0n) is 11.6. The Labute approximate surface area is 111 Å². The number of anilines is 1. The molecule has 0 amide bonds. The molecule has 102 valence electrons. The third-order valence-electron chi connectivity index (χ3n) is 3.15. The predicted octanol–water partition coefficient (Wildman–Crippen LogP) is 3.40. The number of hydrogen-bond donors (Lipinski definition) is 2. The van der Waals surface area contributed by atoms with Crippen LogP contribution < -0.4 is 15.8 Å². The van der Waals surface area contributed by atoms with E-state index in [4.69, 9.17) is 10.5 Å². The van der Waals surface area contributed by atoms with Crippen molar-refractivity contribution in [3.05, 3.63) is 24.3 Å². The van der Waals surface area contributed by atoms with E-state index in [2.05, 4.69) is 12.2 Å². The largest absolute Gasteiger partial charge is 0.497 e. The van der Waals surface area contributed by atoms with Gasteiger partial charge in [-0.25, -0.2) is 0 Å². The molecule has 1 aromatic carbocycles. The molecule has 0 aromatic heterocycles. The van der Waals surface area contributed by atoms with Gasteiger partial charge in [-0.05, 0) is 30.7 Å². The second-order valence-electron chi connectivity index (χ2n) is 4.65. The lowest BCUT2D eigenvalue weighted by atomic mass is 10.1. The molecule has 0 heterocycles. The monoisotopic (exact) mass is 250 g/mol. The molecule has 0 saturated carbocycles. The summed E-state index contributed by atoms with van der Waals surface area (Å²) < 4.78 is 5.14. The number of unbranched alkanes of at least 4 members (excludes halogenated alkanes) is 3. The molecule has 0 fully saturated rings. The van der Waals surface area contributed by atoms with Crippen molar-refractivity contribution in [3.8, 4) is 5.75 Å². The first kappa shape index (κ1) is 14.8. The minimum absolute atomic E-state index is 0.371. The minimum Gasteiger partial charge on any atom is -0.497 e. The minimum atomic E-state index is 0.371. The zero-order valence-corrected chi connectivity index (χ0v) is 11.6. The van der Waals surface area contributed by atoms with Crippen LogP contribution in [0, 0.1) is 0 Å². The number of hydrogen-bond acceptors (Lipinski definition) is 3. The second kappa shape index (κ2) is 8.81. The molecule has 0 aliphatic heterocycles. The smallest absolute Gasteiger partial charge is 0.119 e. The average molecular weight is 250 g/mol. The molecule has 1 atom stereocenters. The highest BCUT2D eigenvalue weighted by atomic mass is 16.5. The first-order valence-corrected chi connectivity index (χ1v) is 6.90. The van der Waals surface area contributed by atoms with E-state index in [9.17, 15) is 0 Å². The molecule has 0 radical (unpaired) electrons. The van der Waals surface area contributed by atoms with E-state index < -0.39 is 0 Å². The van der Waals surface area contributed by atoms with Crippen LogP contribution in [-0.4, -0.2) is 19.7 Å². The molecule has 0 aliphatic carbocycles. The summed E-state index contributed by atoms with van der Waals surface area (Å²) in [6.07, 6.45) is 6.29. The normalized spacial score (nSPS) is 12.2. The highest BCUT2D eigenvalue weighted by Gasteiger charge is 2.06. The fourth-order valence-corrected chi connectivity index (χ4v) is 1.99. The summed E-state index contributed by atoms with van der Waals surface area (Å²) >= 11 is 0. The van der Waals surface area contributed by atoms with E-state index in [1.54, 1.807) is 7.11 Å². The Morgan fingerprint density at radius 1 is 1.17 bits per heavy atom. The average Bonchev–Trinajstić information content (AvgIpc) is 2.43. The van der Waals surface area contributed by atoms with Crippen molar-refractivity contribution in [2.75, 3.05) is 19.0 Å². The highest BCUT2D eigenvalue weighted by Crippen LogP contribution is 2.17. The van der Waals surface area contributed by atoms with Gasteiger partial charge < -0.3 is 15.8 Å². The van der Waals surface area contributed by atoms with Gasteiger partial charge in [-0.2, -0.15) is 0 Å². The summed E-state index contributed by atoms with van der Waals surface area (Å²) in [6.45, 7) is 2.91. The Morgan fingerprint density at radius 3 is 2.44 bits per heavy atom. The third kappa shape index (κ3) is 5.41. The first-order valence-electron chi connectivity index (χ1n) is 6.90. The van der Waals surface area contributed by atoms with Crippen LogP contribution in [0.1, 0.15) is 39.0 Å². The molecule has 0 spiro atoms. The standard InChI is InChI=1S/C15H26N2O/c1-3-4-5-6-7-14(12-16)17-13-8-10-15(18-2)11-9-13/h8-11,14,17H,3-7,12,16H2,1-2H3. The maximum absolute atomic E-state index is 5.80. The molecule has 18 heavy (non-hydrogen) atoms. The number of ether oxygens (including phenoxy) is 1. The SMILES string of the molecule is CCCCCCC(CN)Nc1ccc(OC)cc1. The summed E-state index contributed by atoms with van der Waals surface area (Å²) in [5.41, 5.74) is 6.92. The summed E-state index contributed by atoms with van der Waals surface area (Å²) in [6, 6.07) is 8.37. The Morgan fingerprint density at radius 2 is 1.89 bits per heavy atom. The molecular weight excluding hydrogens is 224 g/mol. The molecule has 0 saturated heterocycles. The van der Waals surface area contributed by atoms with Crippen molar-refractivity contribution in [2.24, 2.45) is 5.73 Å². The zero-order chi connectivity index (χ0) is 13.2. The number of nitrogens with two attached hydrogens (primary N) is 1. The lowest BCUT2D eigenvalue weighted by Crippen LogP contribution is -2.28. The van der Waals surface area contributed by atoms with E-state index in [1.165, 1.54) is 25.7 Å². The van der Waals surface area contributed by atoms with Crippen LogP contribution in [-0.2, 0) is 0 Å². The molecular formula is C15H26N2O. The van der Waals surface area contributed by atoms with Crippen molar-refractivity contribution in [3.63, 3.8) is 0 Å². The van der Waals surface area contributed by atoms with Crippen molar-refractivity contribution in [1.29, 1.82) is 0 Å². The van der Waals surface area contributed by atoms with Gasteiger partial charge in [-0.15, -0.1) is 0 Å². The summed E-state index contributed by atoms with van der Waals surface area (Å²) in [5, 5.41) is 3.48. The molecule has 1 unspecified atom stereocenters. The van der Waals surface area contributed by atoms with Gasteiger partial charge >= 0.3 is 0 Å². The maximum Gasteiger partial charge on any atom is 0.119 e. The van der Waals surface area contributed by atoms with E-state index in [0.29, 0.717) is 12.6 Å². The number of nitrogens with one attached hydrogen (secondary N) is 1. The van der Waals surface area contributed by atoms with Crippen LogP contribution in [0.2, 0.25) is 0 Å². The van der Waals surface area contributed by atoms with Crippen molar-refractivity contribution >= 4 is 5.69 Å². The highest BCUT2D eigenvalue weighted by molar-refractivity contribution is 5.47. The predicted molar refractivity (Wildman–Crippen MR) is 78.2 cm³/mol. The van der Waals surface area contributed by atoms with Gasteiger partial charge in [-0.1, -0.05) is 32.6 Å². The van der Waals surface area contributed by atoms with Crippen molar-refractivity contribution in [2.45, 2.75) is 45.1 Å². The van der Waals surface area contributed by atoms with E-state index in [1.807, 2.05) is 24.3 Å². The van der Waals surface area contributed by atoms with Crippen LogP contribution >= 0.6 is 0 Å². The van der Waals surface area contributed by atoms with Crippen LogP contribution in [0.3, 0.4) is 0 Å². The van der Waals surface area contributed by atoms with Crippen molar-refractivity contribution in [1.82, 2.24) is 0 Å². The van der Waals surface area contributed by atoms with E-state index in [-0.39, 0.29) is 0 Å². The molecule has 3 N–H and O–H groups in total. The molecule has 0 aliphatic rings. The third-order valence-corrected chi connectivity index (χ3v) is 3.15. The number of rotatable bonds is 9. The first-order chi connectivity index (χ1) is 8.80. The Bertz CT molecular complexity index is 311. The number of benzene rings is 1. The second-order valence-corrected chi connectivity index (χ2v) is 4.65. The fraction of sp³-hybridized carbons (Fsp3) is 0.600. The van der Waals surface area contributed by atoms with Gasteiger partial charge in [0.25, 0.3) is 0 Å².